The van der Waals surface area contributed by atoms with Gasteiger partial charge in [-0.2, -0.15) is 5.10 Å². The van der Waals surface area contributed by atoms with Gasteiger partial charge < -0.3 is 10.1 Å². The van der Waals surface area contributed by atoms with Gasteiger partial charge in [-0.1, -0.05) is 6.92 Å². The molecule has 1 aliphatic rings. The second-order valence-corrected chi connectivity index (χ2v) is 6.50. The number of hydrogen-bond donors (Lipinski definition) is 1. The number of aromatic nitrogens is 2. The SMILES string of the molecule is CCCn1cc(OCc2ccc(CNC3CC3)s2)cn1. The molecule has 2 heterocycles. The highest BCUT2D eigenvalue weighted by molar-refractivity contribution is 7.11. The maximum absolute atomic E-state index is 5.78. The fourth-order valence-corrected chi connectivity index (χ4v) is 2.93. The average molecular weight is 291 g/mol. The number of ether oxygens (including phenoxy) is 1. The normalized spacial score (nSPS) is 14.7. The quantitative estimate of drug-likeness (QED) is 0.812. The molecule has 1 N–H and O–H groups in total. The van der Waals surface area contributed by atoms with E-state index in [1.54, 1.807) is 6.20 Å². The smallest absolute Gasteiger partial charge is 0.157 e. The van der Waals surface area contributed by atoms with Crippen LogP contribution in [0.5, 0.6) is 5.75 Å². The third kappa shape index (κ3) is 3.84. The molecule has 4 nitrogen and oxygen atoms in total. The molecule has 1 aliphatic carbocycles. The van der Waals surface area contributed by atoms with Gasteiger partial charge in [0.05, 0.1) is 12.4 Å². The van der Waals surface area contributed by atoms with Crippen molar-refractivity contribution in [1.29, 1.82) is 0 Å². The van der Waals surface area contributed by atoms with Gasteiger partial charge in [0.25, 0.3) is 0 Å². The summed E-state index contributed by atoms with van der Waals surface area (Å²) in [7, 11) is 0. The van der Waals surface area contributed by atoms with Crippen molar-refractivity contribution in [3.63, 3.8) is 0 Å². The number of aryl methyl sites for hydroxylation is 1. The second kappa shape index (κ2) is 6.41. The molecule has 1 fully saturated rings. The van der Waals surface area contributed by atoms with Crippen LogP contribution in [0, 0.1) is 0 Å². The van der Waals surface area contributed by atoms with Crippen LogP contribution in [-0.4, -0.2) is 15.8 Å². The Labute approximate surface area is 123 Å². The number of hydrogen-bond acceptors (Lipinski definition) is 4. The highest BCUT2D eigenvalue weighted by Gasteiger charge is 2.20. The van der Waals surface area contributed by atoms with Gasteiger partial charge >= 0.3 is 0 Å². The molecule has 0 bridgehead atoms. The van der Waals surface area contributed by atoms with E-state index in [9.17, 15) is 0 Å². The molecule has 5 heteroatoms. The fourth-order valence-electron chi connectivity index (χ4n) is 2.05. The molecule has 3 rings (SSSR count). The monoisotopic (exact) mass is 291 g/mol. The van der Waals surface area contributed by atoms with Crippen LogP contribution in [0.15, 0.2) is 24.5 Å². The summed E-state index contributed by atoms with van der Waals surface area (Å²) in [6.07, 6.45) is 7.51. The van der Waals surface area contributed by atoms with Gasteiger partial charge in [-0.15, -0.1) is 11.3 Å². The maximum atomic E-state index is 5.78. The summed E-state index contributed by atoms with van der Waals surface area (Å²) in [4.78, 5) is 2.65. The minimum Gasteiger partial charge on any atom is -0.485 e. The highest BCUT2D eigenvalue weighted by Crippen LogP contribution is 2.22. The molecule has 1 saturated carbocycles. The van der Waals surface area contributed by atoms with E-state index in [4.69, 9.17) is 4.74 Å². The number of rotatable bonds is 8. The van der Waals surface area contributed by atoms with Crippen molar-refractivity contribution in [3.05, 3.63) is 34.3 Å². The topological polar surface area (TPSA) is 39.1 Å². The van der Waals surface area contributed by atoms with E-state index in [1.807, 2.05) is 22.2 Å². The molecular weight excluding hydrogens is 270 g/mol. The Morgan fingerprint density at radius 1 is 1.40 bits per heavy atom. The molecule has 0 radical (unpaired) electrons. The van der Waals surface area contributed by atoms with Gasteiger partial charge in [-0.05, 0) is 31.4 Å². The van der Waals surface area contributed by atoms with Crippen LogP contribution in [0.3, 0.4) is 0 Å². The molecule has 0 atom stereocenters. The summed E-state index contributed by atoms with van der Waals surface area (Å²) < 4.78 is 7.70. The molecule has 0 spiro atoms. The Balaban J connectivity index is 1.46. The van der Waals surface area contributed by atoms with Crippen molar-refractivity contribution in [1.82, 2.24) is 15.1 Å². The van der Waals surface area contributed by atoms with Crippen LogP contribution in [0.2, 0.25) is 0 Å². The van der Waals surface area contributed by atoms with Crippen molar-refractivity contribution in [2.24, 2.45) is 0 Å². The van der Waals surface area contributed by atoms with E-state index in [0.717, 1.165) is 31.3 Å². The largest absolute Gasteiger partial charge is 0.485 e. The lowest BCUT2D eigenvalue weighted by Crippen LogP contribution is -2.14. The van der Waals surface area contributed by atoms with Gasteiger partial charge in [0.15, 0.2) is 5.75 Å². The van der Waals surface area contributed by atoms with Crippen molar-refractivity contribution >= 4 is 11.3 Å². The first-order valence-electron chi connectivity index (χ1n) is 7.29. The molecule has 0 unspecified atom stereocenters. The Kier molecular flexibility index (Phi) is 4.38. The maximum Gasteiger partial charge on any atom is 0.157 e. The lowest BCUT2D eigenvalue weighted by Gasteiger charge is -2.01. The zero-order valence-electron chi connectivity index (χ0n) is 11.8. The number of nitrogens with one attached hydrogen (secondary N) is 1. The van der Waals surface area contributed by atoms with Gasteiger partial charge in [0.1, 0.15) is 6.61 Å². The summed E-state index contributed by atoms with van der Waals surface area (Å²) in [5.74, 6) is 0.851. The average Bonchev–Trinajstić information content (AvgIpc) is 2.98. The molecule has 2 aromatic rings. The number of thiophene rings is 1. The molecular formula is C15H21N3OS. The zero-order valence-corrected chi connectivity index (χ0v) is 12.7. The van der Waals surface area contributed by atoms with E-state index in [-0.39, 0.29) is 0 Å². The van der Waals surface area contributed by atoms with E-state index in [0.29, 0.717) is 6.61 Å². The van der Waals surface area contributed by atoms with Crippen LogP contribution >= 0.6 is 11.3 Å². The fraction of sp³-hybridized carbons (Fsp3) is 0.533. The van der Waals surface area contributed by atoms with E-state index < -0.39 is 0 Å². The first kappa shape index (κ1) is 13.6. The molecule has 2 aromatic heterocycles. The molecule has 108 valence electrons. The summed E-state index contributed by atoms with van der Waals surface area (Å²) in [6.45, 7) is 4.71. The van der Waals surface area contributed by atoms with E-state index >= 15 is 0 Å². The predicted octanol–water partition coefficient (Wildman–Crippen LogP) is 3.19. The molecule has 0 aromatic carbocycles. The van der Waals surface area contributed by atoms with Crippen molar-refractivity contribution in [2.45, 2.75) is 51.9 Å². The second-order valence-electron chi connectivity index (χ2n) is 5.25. The Bertz CT molecular complexity index is 545. The lowest BCUT2D eigenvalue weighted by molar-refractivity contribution is 0.309. The third-order valence-corrected chi connectivity index (χ3v) is 4.36. The lowest BCUT2D eigenvalue weighted by atomic mass is 10.4. The van der Waals surface area contributed by atoms with Crippen LogP contribution in [0.4, 0.5) is 0 Å². The van der Waals surface area contributed by atoms with Gasteiger partial charge in [0.2, 0.25) is 0 Å². The first-order chi connectivity index (χ1) is 9.83. The van der Waals surface area contributed by atoms with E-state index in [1.165, 1.54) is 22.6 Å². The molecule has 20 heavy (non-hydrogen) atoms. The van der Waals surface area contributed by atoms with Crippen molar-refractivity contribution in [3.8, 4) is 5.75 Å². The predicted molar refractivity (Wildman–Crippen MR) is 81.0 cm³/mol. The van der Waals surface area contributed by atoms with Crippen LogP contribution in [0.25, 0.3) is 0 Å². The van der Waals surface area contributed by atoms with Crippen LogP contribution in [0.1, 0.15) is 35.9 Å². The molecule has 0 amide bonds. The van der Waals surface area contributed by atoms with Gasteiger partial charge in [0, 0.05) is 28.9 Å². The summed E-state index contributed by atoms with van der Waals surface area (Å²) in [5, 5.41) is 7.80. The Morgan fingerprint density at radius 2 is 2.25 bits per heavy atom. The first-order valence-corrected chi connectivity index (χ1v) is 8.11. The van der Waals surface area contributed by atoms with Crippen LogP contribution < -0.4 is 10.1 Å². The zero-order chi connectivity index (χ0) is 13.8. The molecule has 0 aliphatic heterocycles. The minimum atomic E-state index is 0.631. The Hall–Kier alpha value is -1.33. The van der Waals surface area contributed by atoms with E-state index in [2.05, 4.69) is 29.5 Å². The molecule has 0 saturated heterocycles. The van der Waals surface area contributed by atoms with Crippen LogP contribution in [-0.2, 0) is 19.7 Å². The Morgan fingerprint density at radius 3 is 3.05 bits per heavy atom. The summed E-state index contributed by atoms with van der Waals surface area (Å²) in [6, 6.07) is 5.12. The van der Waals surface area contributed by atoms with Crippen molar-refractivity contribution < 1.29 is 4.74 Å². The summed E-state index contributed by atoms with van der Waals surface area (Å²) in [5.41, 5.74) is 0. The van der Waals surface area contributed by atoms with Gasteiger partial charge in [-0.25, -0.2) is 0 Å². The number of nitrogens with zero attached hydrogens (tertiary/aromatic N) is 2. The standard InChI is InChI=1S/C15H21N3OS/c1-2-7-18-10-13(8-17-18)19-11-15-6-5-14(20-15)9-16-12-3-4-12/h5-6,8,10,12,16H,2-4,7,9,11H2,1H3. The minimum absolute atomic E-state index is 0.631. The summed E-state index contributed by atoms with van der Waals surface area (Å²) >= 11 is 1.82. The van der Waals surface area contributed by atoms with Gasteiger partial charge in [-0.3, -0.25) is 4.68 Å². The van der Waals surface area contributed by atoms with Crippen molar-refractivity contribution in [2.75, 3.05) is 0 Å². The highest BCUT2D eigenvalue weighted by atomic mass is 32.1. The third-order valence-electron chi connectivity index (χ3n) is 3.30.